The number of rotatable bonds is 11. The highest BCUT2D eigenvalue weighted by Crippen LogP contribution is 2.50. The molecule has 4 nitrogen and oxygen atoms in total. The maximum absolute atomic E-state index is 11.7. The lowest BCUT2D eigenvalue weighted by Gasteiger charge is -2.17. The minimum atomic E-state index is -0.383. The number of carbonyl (C=O) groups is 1. The van der Waals surface area contributed by atoms with E-state index in [4.69, 9.17) is 0 Å². The van der Waals surface area contributed by atoms with E-state index < -0.39 is 0 Å². The Balaban J connectivity index is 1.77. The summed E-state index contributed by atoms with van der Waals surface area (Å²) in [6.45, 7) is 6.14. The molecule has 160 valence electrons. The summed E-state index contributed by atoms with van der Waals surface area (Å²) in [7, 11) is 0. The standard InChI is InChI=1S/C24H41NO3/c1-4-5-6-10-20(26)12-13-21-22-15-18(14-19(22)16-23(21)27)9-7-8-11-24(28)25-17(2)3/h9,12-13,17,19-23,26-27H,4-8,10-11,14-16H2,1-3H3,(H,25,28)/b13-12+,18-9+/t19-,20-,21+,22-,23+/m0/s1. The molecule has 0 unspecified atom stereocenters. The summed E-state index contributed by atoms with van der Waals surface area (Å²) < 4.78 is 0. The number of carbonyl (C=O) groups excluding carboxylic acids is 1. The van der Waals surface area contributed by atoms with Crippen LogP contribution in [0.2, 0.25) is 0 Å². The van der Waals surface area contributed by atoms with Crippen molar-refractivity contribution in [2.45, 2.75) is 103 Å². The summed E-state index contributed by atoms with van der Waals surface area (Å²) in [5.74, 6) is 1.39. The number of amides is 1. The Morgan fingerprint density at radius 2 is 2.04 bits per heavy atom. The normalized spacial score (nSPS) is 29.7. The summed E-state index contributed by atoms with van der Waals surface area (Å²) >= 11 is 0. The fourth-order valence-electron chi connectivity index (χ4n) is 4.86. The number of allylic oxidation sites excluding steroid dienone is 2. The molecule has 2 aliphatic carbocycles. The van der Waals surface area contributed by atoms with Gasteiger partial charge in [-0.3, -0.25) is 4.79 Å². The molecule has 0 spiro atoms. The lowest BCUT2D eigenvalue weighted by atomic mass is 9.90. The Morgan fingerprint density at radius 1 is 1.25 bits per heavy atom. The molecule has 0 aromatic rings. The van der Waals surface area contributed by atoms with Crippen molar-refractivity contribution in [2.75, 3.05) is 0 Å². The number of hydrogen-bond acceptors (Lipinski definition) is 3. The Labute approximate surface area is 171 Å². The van der Waals surface area contributed by atoms with Gasteiger partial charge in [-0.1, -0.05) is 50.0 Å². The molecule has 0 aliphatic heterocycles. The first-order valence-corrected chi connectivity index (χ1v) is 11.4. The largest absolute Gasteiger partial charge is 0.392 e. The minimum absolute atomic E-state index is 0.141. The molecule has 0 bridgehead atoms. The van der Waals surface area contributed by atoms with E-state index in [1.807, 2.05) is 19.9 Å². The van der Waals surface area contributed by atoms with Crippen LogP contribution in [0.25, 0.3) is 0 Å². The molecule has 0 saturated heterocycles. The SMILES string of the molecule is CCCCC[C@H](O)/C=C/[C@@H]1[C@H]2C/C(=C/CCCC(=O)NC(C)C)C[C@H]2C[C@H]1O. The zero-order valence-electron chi connectivity index (χ0n) is 18.1. The lowest BCUT2D eigenvalue weighted by molar-refractivity contribution is -0.121. The van der Waals surface area contributed by atoms with Gasteiger partial charge in [-0.2, -0.15) is 0 Å². The van der Waals surface area contributed by atoms with Crippen molar-refractivity contribution in [1.29, 1.82) is 0 Å². The van der Waals surface area contributed by atoms with E-state index in [9.17, 15) is 15.0 Å². The predicted molar refractivity (Wildman–Crippen MR) is 115 cm³/mol. The summed E-state index contributed by atoms with van der Waals surface area (Å²) in [6, 6.07) is 0.210. The second kappa shape index (κ2) is 11.8. The highest BCUT2D eigenvalue weighted by molar-refractivity contribution is 5.76. The van der Waals surface area contributed by atoms with Gasteiger partial charge in [-0.15, -0.1) is 0 Å². The van der Waals surface area contributed by atoms with Gasteiger partial charge in [0.1, 0.15) is 0 Å². The van der Waals surface area contributed by atoms with Crippen LogP contribution in [-0.4, -0.2) is 34.4 Å². The van der Waals surface area contributed by atoms with Gasteiger partial charge < -0.3 is 15.5 Å². The second-order valence-corrected chi connectivity index (χ2v) is 9.14. The molecule has 3 N–H and O–H groups in total. The average molecular weight is 392 g/mol. The molecular formula is C24H41NO3. The molecule has 4 heteroatoms. The van der Waals surface area contributed by atoms with Crippen LogP contribution in [0.5, 0.6) is 0 Å². The van der Waals surface area contributed by atoms with Gasteiger partial charge in [-0.05, 0) is 64.2 Å². The van der Waals surface area contributed by atoms with E-state index in [0.29, 0.717) is 18.3 Å². The van der Waals surface area contributed by atoms with Crippen LogP contribution in [0.3, 0.4) is 0 Å². The number of nitrogens with one attached hydrogen (secondary N) is 1. The van der Waals surface area contributed by atoms with E-state index in [-0.39, 0.29) is 30.1 Å². The topological polar surface area (TPSA) is 69.6 Å². The van der Waals surface area contributed by atoms with Crippen molar-refractivity contribution >= 4 is 5.91 Å². The van der Waals surface area contributed by atoms with Crippen LogP contribution in [0, 0.1) is 17.8 Å². The number of hydrogen-bond donors (Lipinski definition) is 3. The van der Waals surface area contributed by atoms with Crippen molar-refractivity contribution in [3.63, 3.8) is 0 Å². The van der Waals surface area contributed by atoms with E-state index in [1.165, 1.54) is 12.0 Å². The Morgan fingerprint density at radius 3 is 2.75 bits per heavy atom. The van der Waals surface area contributed by atoms with Crippen molar-refractivity contribution < 1.29 is 15.0 Å². The van der Waals surface area contributed by atoms with Crippen molar-refractivity contribution in [3.05, 3.63) is 23.8 Å². The molecule has 2 saturated carbocycles. The van der Waals surface area contributed by atoms with Crippen molar-refractivity contribution in [2.24, 2.45) is 17.8 Å². The highest BCUT2D eigenvalue weighted by atomic mass is 16.3. The molecular weight excluding hydrogens is 350 g/mol. The summed E-state index contributed by atoms with van der Waals surface area (Å²) in [5.41, 5.74) is 1.49. The van der Waals surface area contributed by atoms with E-state index >= 15 is 0 Å². The van der Waals surface area contributed by atoms with Crippen molar-refractivity contribution in [3.8, 4) is 0 Å². The molecule has 2 fully saturated rings. The first kappa shape index (κ1) is 23.2. The zero-order chi connectivity index (χ0) is 20.5. The first-order chi connectivity index (χ1) is 13.4. The quantitative estimate of drug-likeness (QED) is 0.358. The predicted octanol–water partition coefficient (Wildman–Crippen LogP) is 4.51. The third kappa shape index (κ3) is 7.36. The smallest absolute Gasteiger partial charge is 0.220 e. The van der Waals surface area contributed by atoms with Crippen LogP contribution in [-0.2, 0) is 4.79 Å². The van der Waals surface area contributed by atoms with Crippen LogP contribution >= 0.6 is 0 Å². The van der Waals surface area contributed by atoms with Crippen molar-refractivity contribution in [1.82, 2.24) is 5.32 Å². The molecule has 2 aliphatic rings. The van der Waals surface area contributed by atoms with Crippen LogP contribution in [0.4, 0.5) is 0 Å². The number of aliphatic hydroxyl groups is 2. The maximum Gasteiger partial charge on any atom is 0.220 e. The Kier molecular flexibility index (Phi) is 9.73. The molecule has 0 aromatic heterocycles. The maximum atomic E-state index is 11.7. The minimum Gasteiger partial charge on any atom is -0.392 e. The fraction of sp³-hybridized carbons (Fsp3) is 0.792. The molecule has 1 amide bonds. The van der Waals surface area contributed by atoms with Gasteiger partial charge in [0.15, 0.2) is 0 Å². The fourth-order valence-corrected chi connectivity index (χ4v) is 4.86. The van der Waals surface area contributed by atoms with Gasteiger partial charge in [0, 0.05) is 18.4 Å². The Hall–Kier alpha value is -1.13. The van der Waals surface area contributed by atoms with Gasteiger partial charge in [0.05, 0.1) is 12.2 Å². The van der Waals surface area contributed by atoms with E-state index in [1.54, 1.807) is 0 Å². The van der Waals surface area contributed by atoms with Gasteiger partial charge in [0.25, 0.3) is 0 Å². The highest BCUT2D eigenvalue weighted by Gasteiger charge is 2.44. The lowest BCUT2D eigenvalue weighted by Crippen LogP contribution is -2.29. The molecule has 28 heavy (non-hydrogen) atoms. The molecule has 0 radical (unpaired) electrons. The third-order valence-corrected chi connectivity index (χ3v) is 6.26. The van der Waals surface area contributed by atoms with Gasteiger partial charge in [-0.25, -0.2) is 0 Å². The van der Waals surface area contributed by atoms with Gasteiger partial charge in [0.2, 0.25) is 5.91 Å². The molecule has 0 aromatic carbocycles. The molecule has 2 rings (SSSR count). The second-order valence-electron chi connectivity index (χ2n) is 9.14. The number of unbranched alkanes of at least 4 members (excludes halogenated alkanes) is 3. The molecule has 0 heterocycles. The molecule has 5 atom stereocenters. The third-order valence-electron chi connectivity index (χ3n) is 6.26. The first-order valence-electron chi connectivity index (χ1n) is 11.4. The Bertz CT molecular complexity index is 540. The summed E-state index contributed by atoms with van der Waals surface area (Å²) in [5, 5.41) is 23.5. The van der Waals surface area contributed by atoms with E-state index in [0.717, 1.165) is 51.4 Å². The van der Waals surface area contributed by atoms with E-state index in [2.05, 4.69) is 24.4 Å². The zero-order valence-corrected chi connectivity index (χ0v) is 18.1. The average Bonchev–Trinajstić information content (AvgIpc) is 3.13. The monoisotopic (exact) mass is 391 g/mol. The number of aliphatic hydroxyl groups excluding tert-OH is 2. The number of fused-ring (bicyclic) bond motifs is 1. The summed E-state index contributed by atoms with van der Waals surface area (Å²) in [4.78, 5) is 11.7. The van der Waals surface area contributed by atoms with Crippen LogP contribution in [0.1, 0.15) is 85.0 Å². The summed E-state index contributed by atoms with van der Waals surface area (Å²) in [6.07, 6.45) is 15.3. The van der Waals surface area contributed by atoms with Crippen LogP contribution < -0.4 is 5.32 Å². The van der Waals surface area contributed by atoms with Gasteiger partial charge >= 0.3 is 0 Å². The van der Waals surface area contributed by atoms with Crippen LogP contribution in [0.15, 0.2) is 23.8 Å².